The molecule has 0 spiro atoms. The molecule has 6 nitrogen and oxygen atoms in total. The van der Waals surface area contributed by atoms with Crippen LogP contribution >= 0.6 is 0 Å². The van der Waals surface area contributed by atoms with Crippen molar-refractivity contribution in [2.75, 3.05) is 12.1 Å². The Balaban J connectivity index is 1.71. The first-order valence-electron chi connectivity index (χ1n) is 12.2. The largest absolute Gasteiger partial charge is 0.504 e. The number of hydrazone groups is 1. The maximum Gasteiger partial charge on any atom is 0.248 e. The fraction of sp³-hybridized carbons (Fsp3) is 0.310. The van der Waals surface area contributed by atoms with E-state index in [1.807, 2.05) is 37.3 Å². The van der Waals surface area contributed by atoms with Crippen molar-refractivity contribution in [2.45, 2.75) is 45.2 Å². The number of unbranched alkanes of at least 4 members (excludes halogenated alkanes) is 1. The maximum absolute atomic E-state index is 14.0. The molecule has 0 aliphatic carbocycles. The summed E-state index contributed by atoms with van der Waals surface area (Å²) in [5.74, 6) is -0.296. The second-order valence-electron chi connectivity index (χ2n) is 9.17. The standard InChI is InChI=1S/C29H32FN3O3/c1-4-5-11-24-27(21-13-15-22(30)16-14-21)32-33(23-9-7-6-8-10-23)29(24,2)28(35)31-19-20-12-17-25(34)26(18-20)36-3/h6-10,12-18,24,34H,4-5,11,19H2,1-3H3,(H,31,35). The summed E-state index contributed by atoms with van der Waals surface area (Å²) in [6.07, 6.45) is 2.65. The first kappa shape index (κ1) is 25.2. The van der Waals surface area contributed by atoms with Crippen molar-refractivity contribution in [3.05, 3.63) is 89.7 Å². The second kappa shape index (κ2) is 10.8. The Morgan fingerprint density at radius 1 is 1.14 bits per heavy atom. The molecule has 7 heteroatoms. The lowest BCUT2D eigenvalue weighted by Crippen LogP contribution is -2.57. The van der Waals surface area contributed by atoms with Gasteiger partial charge in [-0.15, -0.1) is 0 Å². The van der Waals surface area contributed by atoms with Crippen molar-refractivity contribution in [3.63, 3.8) is 0 Å². The molecule has 188 valence electrons. The number of para-hydroxylation sites is 1. The van der Waals surface area contributed by atoms with E-state index < -0.39 is 5.54 Å². The number of amides is 1. The number of aromatic hydroxyl groups is 1. The Kier molecular flexibility index (Phi) is 7.58. The average Bonchev–Trinajstić information content (AvgIpc) is 3.20. The Morgan fingerprint density at radius 2 is 1.86 bits per heavy atom. The summed E-state index contributed by atoms with van der Waals surface area (Å²) in [4.78, 5) is 14.0. The third-order valence-electron chi connectivity index (χ3n) is 6.80. The van der Waals surface area contributed by atoms with Crippen molar-refractivity contribution < 1.29 is 19.0 Å². The van der Waals surface area contributed by atoms with Crippen LogP contribution in [0.1, 0.15) is 44.2 Å². The summed E-state index contributed by atoms with van der Waals surface area (Å²) >= 11 is 0. The molecule has 1 heterocycles. The number of phenols is 1. The van der Waals surface area contributed by atoms with Gasteiger partial charge in [-0.1, -0.05) is 56.2 Å². The predicted molar refractivity (Wildman–Crippen MR) is 140 cm³/mol. The SMILES string of the molecule is CCCCC1C(c2ccc(F)cc2)=NN(c2ccccc2)C1(C)C(=O)NCc1ccc(O)c(OC)c1. The number of methoxy groups -OCH3 is 1. The van der Waals surface area contributed by atoms with Gasteiger partial charge in [-0.2, -0.15) is 5.10 Å². The van der Waals surface area contributed by atoms with Crippen LogP contribution in [0.4, 0.5) is 10.1 Å². The average molecular weight is 490 g/mol. The van der Waals surface area contributed by atoms with Gasteiger partial charge in [0, 0.05) is 12.5 Å². The molecule has 0 fully saturated rings. The fourth-order valence-electron chi connectivity index (χ4n) is 4.74. The number of carbonyl (C=O) groups is 1. The van der Waals surface area contributed by atoms with Crippen LogP contribution in [0.15, 0.2) is 77.9 Å². The van der Waals surface area contributed by atoms with Gasteiger partial charge in [-0.25, -0.2) is 9.40 Å². The van der Waals surface area contributed by atoms with E-state index >= 15 is 0 Å². The number of hydrogen-bond acceptors (Lipinski definition) is 5. The predicted octanol–water partition coefficient (Wildman–Crippen LogP) is 5.65. The molecule has 36 heavy (non-hydrogen) atoms. The lowest BCUT2D eigenvalue weighted by Gasteiger charge is -2.37. The lowest BCUT2D eigenvalue weighted by atomic mass is 9.77. The van der Waals surface area contributed by atoms with Crippen LogP contribution in [0.2, 0.25) is 0 Å². The van der Waals surface area contributed by atoms with Crippen molar-refractivity contribution in [3.8, 4) is 11.5 Å². The quantitative estimate of drug-likeness (QED) is 0.408. The summed E-state index contributed by atoms with van der Waals surface area (Å²) in [6.45, 7) is 4.31. The van der Waals surface area contributed by atoms with Gasteiger partial charge < -0.3 is 15.2 Å². The van der Waals surface area contributed by atoms with Crippen LogP contribution in [0.5, 0.6) is 11.5 Å². The van der Waals surface area contributed by atoms with Gasteiger partial charge in [0.25, 0.3) is 0 Å². The number of nitrogens with one attached hydrogen (secondary N) is 1. The molecule has 2 atom stereocenters. The van der Waals surface area contributed by atoms with Gasteiger partial charge in [-0.3, -0.25) is 4.79 Å². The van der Waals surface area contributed by atoms with E-state index in [0.717, 1.165) is 41.8 Å². The van der Waals surface area contributed by atoms with Gasteiger partial charge >= 0.3 is 0 Å². The zero-order chi connectivity index (χ0) is 25.7. The molecule has 1 aliphatic heterocycles. The Labute approximate surface area is 211 Å². The summed E-state index contributed by atoms with van der Waals surface area (Å²) in [7, 11) is 1.49. The summed E-state index contributed by atoms with van der Waals surface area (Å²) < 4.78 is 18.9. The molecule has 0 radical (unpaired) electrons. The highest BCUT2D eigenvalue weighted by atomic mass is 19.1. The van der Waals surface area contributed by atoms with Crippen LogP contribution in [-0.4, -0.2) is 29.4 Å². The molecule has 0 bridgehead atoms. The Morgan fingerprint density at radius 3 is 2.53 bits per heavy atom. The van der Waals surface area contributed by atoms with Crippen LogP contribution in [0, 0.1) is 11.7 Å². The van der Waals surface area contributed by atoms with Crippen molar-refractivity contribution in [1.29, 1.82) is 0 Å². The minimum absolute atomic E-state index is 0.0440. The molecule has 2 unspecified atom stereocenters. The van der Waals surface area contributed by atoms with E-state index in [1.165, 1.54) is 19.2 Å². The van der Waals surface area contributed by atoms with Crippen molar-refractivity contribution >= 4 is 17.3 Å². The molecule has 0 saturated heterocycles. The number of ether oxygens (including phenoxy) is 1. The molecule has 3 aromatic carbocycles. The number of rotatable bonds is 9. The van der Waals surface area contributed by atoms with Crippen LogP contribution in [0.25, 0.3) is 0 Å². The number of hydrogen-bond donors (Lipinski definition) is 2. The minimum atomic E-state index is -1.01. The van der Waals surface area contributed by atoms with E-state index in [-0.39, 0.29) is 29.9 Å². The summed E-state index contributed by atoms with van der Waals surface area (Å²) in [5, 5.41) is 19.8. The molecule has 0 aromatic heterocycles. The first-order chi connectivity index (χ1) is 17.4. The first-order valence-corrected chi connectivity index (χ1v) is 12.2. The third-order valence-corrected chi connectivity index (χ3v) is 6.80. The summed E-state index contributed by atoms with van der Waals surface area (Å²) in [5.41, 5.74) is 2.17. The number of benzene rings is 3. The van der Waals surface area contributed by atoms with Gasteiger partial charge in [-0.05, 0) is 60.9 Å². The smallest absolute Gasteiger partial charge is 0.248 e. The van der Waals surface area contributed by atoms with E-state index in [1.54, 1.807) is 35.3 Å². The number of halogens is 1. The molecule has 0 saturated carbocycles. The van der Waals surface area contributed by atoms with Gasteiger partial charge in [0.15, 0.2) is 11.5 Å². The maximum atomic E-state index is 14.0. The highest BCUT2D eigenvalue weighted by Crippen LogP contribution is 2.42. The van der Waals surface area contributed by atoms with Gasteiger partial charge in [0.2, 0.25) is 5.91 Å². The van der Waals surface area contributed by atoms with Crippen LogP contribution < -0.4 is 15.1 Å². The van der Waals surface area contributed by atoms with E-state index in [0.29, 0.717) is 5.75 Å². The van der Waals surface area contributed by atoms with Crippen molar-refractivity contribution in [2.24, 2.45) is 11.0 Å². The number of nitrogens with zero attached hydrogens (tertiary/aromatic N) is 2. The van der Waals surface area contributed by atoms with E-state index in [2.05, 4.69) is 12.2 Å². The topological polar surface area (TPSA) is 74.2 Å². The number of phenolic OH excluding ortho intramolecular Hbond substituents is 1. The number of anilines is 1. The lowest BCUT2D eigenvalue weighted by molar-refractivity contribution is -0.127. The molecule has 1 amide bonds. The van der Waals surface area contributed by atoms with Gasteiger partial charge in [0.05, 0.1) is 18.5 Å². The third kappa shape index (κ3) is 4.91. The zero-order valence-corrected chi connectivity index (χ0v) is 20.9. The summed E-state index contributed by atoms with van der Waals surface area (Å²) in [6, 6.07) is 20.9. The fourth-order valence-corrected chi connectivity index (χ4v) is 4.74. The minimum Gasteiger partial charge on any atom is -0.504 e. The molecule has 3 aromatic rings. The second-order valence-corrected chi connectivity index (χ2v) is 9.17. The van der Waals surface area contributed by atoms with Crippen LogP contribution in [0.3, 0.4) is 0 Å². The van der Waals surface area contributed by atoms with Crippen LogP contribution in [-0.2, 0) is 11.3 Å². The molecule has 4 rings (SSSR count). The molecule has 1 aliphatic rings. The highest BCUT2D eigenvalue weighted by molar-refractivity contribution is 6.10. The Bertz CT molecular complexity index is 1230. The van der Waals surface area contributed by atoms with E-state index in [9.17, 15) is 14.3 Å². The zero-order valence-electron chi connectivity index (χ0n) is 20.9. The number of carbonyl (C=O) groups excluding carboxylic acids is 1. The Hall–Kier alpha value is -3.87. The highest BCUT2D eigenvalue weighted by Gasteiger charge is 2.53. The monoisotopic (exact) mass is 489 g/mol. The molecule has 2 N–H and O–H groups in total. The van der Waals surface area contributed by atoms with Gasteiger partial charge in [0.1, 0.15) is 11.4 Å². The molecular formula is C29H32FN3O3. The van der Waals surface area contributed by atoms with E-state index in [4.69, 9.17) is 9.84 Å². The van der Waals surface area contributed by atoms with Crippen molar-refractivity contribution in [1.82, 2.24) is 5.32 Å². The normalized spacial score (nSPS) is 19.2. The molecular weight excluding hydrogens is 457 g/mol.